The smallest absolute Gasteiger partial charge is 0.444 e. The summed E-state index contributed by atoms with van der Waals surface area (Å²) in [6.07, 6.45) is 7.64. The number of imidazole rings is 1. The van der Waals surface area contributed by atoms with Gasteiger partial charge in [-0.2, -0.15) is 0 Å². The summed E-state index contributed by atoms with van der Waals surface area (Å²) < 4.78 is 33.2. The van der Waals surface area contributed by atoms with Gasteiger partial charge >= 0.3 is 13.2 Å². The van der Waals surface area contributed by atoms with Crippen molar-refractivity contribution in [3.8, 4) is 22.4 Å². The molecular formula is C37H47BFN3O4. The van der Waals surface area contributed by atoms with Crippen molar-refractivity contribution in [1.82, 2.24) is 14.9 Å². The van der Waals surface area contributed by atoms with Crippen molar-refractivity contribution >= 4 is 18.7 Å². The molecule has 1 saturated carbocycles. The molecule has 46 heavy (non-hydrogen) atoms. The van der Waals surface area contributed by atoms with Crippen LogP contribution in [0.15, 0.2) is 42.6 Å². The molecule has 244 valence electrons. The van der Waals surface area contributed by atoms with E-state index in [1.54, 1.807) is 0 Å². The minimum atomic E-state index is -1.12. The van der Waals surface area contributed by atoms with Gasteiger partial charge in [-0.1, -0.05) is 49.2 Å². The third kappa shape index (κ3) is 5.37. The van der Waals surface area contributed by atoms with E-state index in [0.29, 0.717) is 5.82 Å². The molecule has 3 aromatic rings. The average Bonchev–Trinajstić information content (AvgIpc) is 3.81. The lowest BCUT2D eigenvalue weighted by Crippen LogP contribution is -2.41. The molecule has 2 aliphatic heterocycles. The Labute approximate surface area is 272 Å². The quantitative estimate of drug-likeness (QED) is 0.299. The van der Waals surface area contributed by atoms with E-state index >= 15 is 0 Å². The molecule has 3 fully saturated rings. The summed E-state index contributed by atoms with van der Waals surface area (Å²) in [4.78, 5) is 22.3. The molecule has 2 aliphatic carbocycles. The van der Waals surface area contributed by atoms with Crippen molar-refractivity contribution in [2.75, 3.05) is 6.54 Å². The largest absolute Gasteiger partial charge is 0.495 e. The number of rotatable bonds is 4. The van der Waals surface area contributed by atoms with Gasteiger partial charge in [-0.3, -0.25) is 4.90 Å². The summed E-state index contributed by atoms with van der Waals surface area (Å²) in [5.74, 6) is 0.573. The number of carbonyl (C=O) groups excluding carboxylic acids is 1. The highest BCUT2D eigenvalue weighted by molar-refractivity contribution is 6.62. The van der Waals surface area contributed by atoms with Gasteiger partial charge < -0.3 is 19.0 Å². The third-order valence-electron chi connectivity index (χ3n) is 11.1. The average molecular weight is 628 g/mol. The van der Waals surface area contributed by atoms with Crippen LogP contribution in [0.4, 0.5) is 9.18 Å². The molecule has 1 N–H and O–H groups in total. The highest BCUT2D eigenvalue weighted by Crippen LogP contribution is 2.53. The first-order valence-electron chi connectivity index (χ1n) is 17.0. The number of halogens is 1. The molecule has 0 unspecified atom stereocenters. The van der Waals surface area contributed by atoms with E-state index in [1.807, 2.05) is 27.0 Å². The number of amides is 1. The number of benzene rings is 2. The van der Waals surface area contributed by atoms with Crippen LogP contribution in [0.3, 0.4) is 0 Å². The standard InChI is InChI=1S/C37H47BFN3O4/c1-34(2,3)44-33(43)42-22-25(39)20-30(42)32-40-21-29(41-32)24-12-10-23(11-13-24)26-14-15-28(38-45-35(4,5)36(6,7)46-38)27-16-19-37(31(26)27)17-8-9-18-37/h10-15,21,25,30H,8-9,16-20,22H2,1-7H3,(H,40,41)/t25-,30-/m0/s1. The molecule has 2 saturated heterocycles. The second-order valence-electron chi connectivity index (χ2n) is 15.9. The highest BCUT2D eigenvalue weighted by atomic mass is 19.1. The lowest BCUT2D eigenvalue weighted by molar-refractivity contribution is 0.00578. The van der Waals surface area contributed by atoms with Crippen molar-refractivity contribution in [3.63, 3.8) is 0 Å². The van der Waals surface area contributed by atoms with Crippen molar-refractivity contribution in [1.29, 1.82) is 0 Å². The molecule has 1 aromatic heterocycles. The molecule has 2 atom stereocenters. The molecule has 2 aromatic carbocycles. The number of carbonyl (C=O) groups is 1. The number of H-pyrrole nitrogens is 1. The van der Waals surface area contributed by atoms with Crippen LogP contribution in [0.25, 0.3) is 22.4 Å². The molecule has 1 amide bonds. The van der Waals surface area contributed by atoms with Gasteiger partial charge in [0, 0.05) is 18.2 Å². The SMILES string of the molecule is CC(C)(C)OC(=O)N1C[C@@H](F)C[C@H]1c1nc(-c2ccc(-c3ccc(B4OC(C)(C)C(C)(C)O4)c4c3C3(CCCC3)CC4)cc2)c[nH]1. The lowest BCUT2D eigenvalue weighted by Gasteiger charge is -2.32. The van der Waals surface area contributed by atoms with E-state index in [4.69, 9.17) is 19.0 Å². The number of ether oxygens (including phenoxy) is 1. The number of hydrogen-bond donors (Lipinski definition) is 1. The second kappa shape index (κ2) is 10.9. The van der Waals surface area contributed by atoms with Crippen molar-refractivity contribution in [2.24, 2.45) is 0 Å². The Morgan fingerprint density at radius 2 is 1.65 bits per heavy atom. The molecule has 3 heterocycles. The fourth-order valence-electron chi connectivity index (χ4n) is 8.05. The fourth-order valence-corrected chi connectivity index (χ4v) is 8.05. The Kier molecular flexibility index (Phi) is 7.48. The van der Waals surface area contributed by atoms with Crippen molar-refractivity contribution in [3.05, 3.63) is 59.5 Å². The summed E-state index contributed by atoms with van der Waals surface area (Å²) in [5.41, 5.74) is 7.12. The highest BCUT2D eigenvalue weighted by Gasteiger charge is 2.54. The molecule has 0 radical (unpaired) electrons. The van der Waals surface area contributed by atoms with Gasteiger partial charge in [-0.25, -0.2) is 14.2 Å². The van der Waals surface area contributed by atoms with Gasteiger partial charge in [0.05, 0.1) is 29.5 Å². The normalized spacial score (nSPS) is 24.6. The Morgan fingerprint density at radius 1 is 1.00 bits per heavy atom. The summed E-state index contributed by atoms with van der Waals surface area (Å²) in [6.45, 7) is 13.9. The van der Waals surface area contributed by atoms with Gasteiger partial charge in [0.1, 0.15) is 17.6 Å². The van der Waals surface area contributed by atoms with E-state index in [-0.39, 0.29) is 36.7 Å². The van der Waals surface area contributed by atoms with Gasteiger partial charge in [0.2, 0.25) is 0 Å². The number of fused-ring (bicyclic) bond motifs is 2. The van der Waals surface area contributed by atoms with Crippen LogP contribution in [0.5, 0.6) is 0 Å². The number of aromatic amines is 1. The van der Waals surface area contributed by atoms with Gasteiger partial charge in [0.15, 0.2) is 0 Å². The van der Waals surface area contributed by atoms with Gasteiger partial charge in [-0.15, -0.1) is 0 Å². The molecule has 7 rings (SSSR count). The van der Waals surface area contributed by atoms with Crippen LogP contribution >= 0.6 is 0 Å². The first kappa shape index (κ1) is 31.4. The Hall–Kier alpha value is -3.17. The first-order chi connectivity index (χ1) is 21.7. The Bertz CT molecular complexity index is 1620. The van der Waals surface area contributed by atoms with Crippen LogP contribution in [-0.2, 0) is 25.9 Å². The maximum absolute atomic E-state index is 14.5. The lowest BCUT2D eigenvalue weighted by atomic mass is 9.70. The topological polar surface area (TPSA) is 76.7 Å². The van der Waals surface area contributed by atoms with Crippen LogP contribution in [0, 0.1) is 0 Å². The zero-order valence-corrected chi connectivity index (χ0v) is 28.3. The second-order valence-corrected chi connectivity index (χ2v) is 15.9. The van der Waals surface area contributed by atoms with Gasteiger partial charge in [0.25, 0.3) is 0 Å². The predicted octanol–water partition coefficient (Wildman–Crippen LogP) is 7.82. The van der Waals surface area contributed by atoms with Gasteiger partial charge in [-0.05, 0) is 107 Å². The molecule has 0 bridgehead atoms. The van der Waals surface area contributed by atoms with E-state index in [2.05, 4.69) is 69.1 Å². The minimum absolute atomic E-state index is 0.00340. The third-order valence-corrected chi connectivity index (χ3v) is 11.1. The maximum atomic E-state index is 14.5. The molecule has 4 aliphatic rings. The predicted molar refractivity (Wildman–Crippen MR) is 179 cm³/mol. The molecule has 9 heteroatoms. The number of likely N-dealkylation sites (tertiary alicyclic amines) is 1. The molecular weight excluding hydrogens is 580 g/mol. The summed E-state index contributed by atoms with van der Waals surface area (Å²) >= 11 is 0. The molecule has 1 spiro atoms. The molecule has 7 nitrogen and oxygen atoms in total. The first-order valence-corrected chi connectivity index (χ1v) is 17.0. The summed E-state index contributed by atoms with van der Waals surface area (Å²) in [6, 6.07) is 12.6. The number of hydrogen-bond acceptors (Lipinski definition) is 5. The van der Waals surface area contributed by atoms with E-state index < -0.39 is 23.9 Å². The summed E-state index contributed by atoms with van der Waals surface area (Å²) in [7, 11) is -0.362. The fraction of sp³-hybridized carbons (Fsp3) is 0.568. The van der Waals surface area contributed by atoms with Crippen LogP contribution < -0.4 is 5.46 Å². The van der Waals surface area contributed by atoms with Crippen LogP contribution in [0.1, 0.15) is 110 Å². The summed E-state index contributed by atoms with van der Waals surface area (Å²) in [5, 5.41) is 0. The Morgan fingerprint density at radius 3 is 2.30 bits per heavy atom. The van der Waals surface area contributed by atoms with Crippen molar-refractivity contribution < 1.29 is 23.2 Å². The zero-order chi connectivity index (χ0) is 32.6. The number of aromatic nitrogens is 2. The zero-order valence-electron chi connectivity index (χ0n) is 28.3. The van der Waals surface area contributed by atoms with E-state index in [1.165, 1.54) is 64.7 Å². The van der Waals surface area contributed by atoms with Crippen molar-refractivity contribution in [2.45, 2.75) is 128 Å². The number of nitrogens with one attached hydrogen (secondary N) is 1. The minimum Gasteiger partial charge on any atom is -0.444 e. The van der Waals surface area contributed by atoms with E-state index in [0.717, 1.165) is 17.7 Å². The number of alkyl halides is 1. The maximum Gasteiger partial charge on any atom is 0.495 e. The monoisotopic (exact) mass is 627 g/mol. The Balaban J connectivity index is 1.18. The number of nitrogens with zero attached hydrogens (tertiary/aromatic N) is 2. The van der Waals surface area contributed by atoms with Crippen LogP contribution in [-0.4, -0.2) is 57.6 Å². The van der Waals surface area contributed by atoms with Crippen LogP contribution in [0.2, 0.25) is 0 Å². The van der Waals surface area contributed by atoms with E-state index in [9.17, 15) is 9.18 Å².